The Bertz CT molecular complexity index is 1290. The van der Waals surface area contributed by atoms with Crippen LogP contribution in [-0.2, 0) is 17.6 Å². The van der Waals surface area contributed by atoms with E-state index in [1.807, 2.05) is 42.8 Å². The van der Waals surface area contributed by atoms with E-state index >= 15 is 0 Å². The summed E-state index contributed by atoms with van der Waals surface area (Å²) >= 11 is 5.93. The summed E-state index contributed by atoms with van der Waals surface area (Å²) in [4.78, 5) is 17.4. The first-order valence-electron chi connectivity index (χ1n) is 11.3. The molecule has 0 bridgehead atoms. The third kappa shape index (κ3) is 5.09. The van der Waals surface area contributed by atoms with Gasteiger partial charge in [-0.25, -0.2) is 9.67 Å². The molecule has 5 nitrogen and oxygen atoms in total. The van der Waals surface area contributed by atoms with Gasteiger partial charge in [0.25, 0.3) is 0 Å². The fourth-order valence-corrected chi connectivity index (χ4v) is 4.39. The number of pyridine rings is 1. The molecule has 0 fully saturated rings. The Morgan fingerprint density at radius 1 is 0.939 bits per heavy atom. The van der Waals surface area contributed by atoms with Crippen LogP contribution in [0.15, 0.2) is 48.5 Å². The number of benzene rings is 2. The second kappa shape index (κ2) is 9.75. The molecule has 6 heteroatoms. The Balaban J connectivity index is 1.46. The number of rotatable bonds is 7. The molecule has 33 heavy (non-hydrogen) atoms. The van der Waals surface area contributed by atoms with Gasteiger partial charge in [0.2, 0.25) is 5.91 Å². The Morgan fingerprint density at radius 3 is 2.33 bits per heavy atom. The molecule has 0 unspecified atom stereocenters. The smallest absolute Gasteiger partial charge is 0.220 e. The van der Waals surface area contributed by atoms with Crippen molar-refractivity contribution < 1.29 is 4.79 Å². The highest BCUT2D eigenvalue weighted by Crippen LogP contribution is 2.28. The molecular weight excluding hydrogens is 432 g/mol. The van der Waals surface area contributed by atoms with Crippen LogP contribution in [0.25, 0.3) is 16.7 Å². The summed E-state index contributed by atoms with van der Waals surface area (Å²) in [5.74, 6) is 0.0509. The summed E-state index contributed by atoms with van der Waals surface area (Å²) in [5.41, 5.74) is 8.40. The van der Waals surface area contributed by atoms with Crippen LogP contribution < -0.4 is 5.32 Å². The van der Waals surface area contributed by atoms with Gasteiger partial charge in [0.05, 0.1) is 11.4 Å². The van der Waals surface area contributed by atoms with Gasteiger partial charge in [-0.2, -0.15) is 5.10 Å². The lowest BCUT2D eigenvalue weighted by atomic mass is 9.99. The van der Waals surface area contributed by atoms with Gasteiger partial charge in [-0.3, -0.25) is 4.79 Å². The maximum atomic E-state index is 12.5. The number of nitrogens with zero attached hydrogens (tertiary/aromatic N) is 3. The van der Waals surface area contributed by atoms with Crippen molar-refractivity contribution in [3.05, 3.63) is 87.2 Å². The minimum atomic E-state index is 0.0509. The van der Waals surface area contributed by atoms with Crippen LogP contribution in [0, 0.1) is 27.7 Å². The molecule has 0 aliphatic rings. The van der Waals surface area contributed by atoms with Gasteiger partial charge in [0.15, 0.2) is 5.65 Å². The quantitative estimate of drug-likeness (QED) is 0.390. The highest BCUT2D eigenvalue weighted by Gasteiger charge is 2.18. The van der Waals surface area contributed by atoms with Gasteiger partial charge < -0.3 is 5.32 Å². The van der Waals surface area contributed by atoms with Crippen LogP contribution in [-0.4, -0.2) is 27.2 Å². The highest BCUT2D eigenvalue weighted by atomic mass is 35.5. The first kappa shape index (κ1) is 23.0. The lowest BCUT2D eigenvalue weighted by molar-refractivity contribution is -0.121. The minimum Gasteiger partial charge on any atom is -0.356 e. The van der Waals surface area contributed by atoms with Crippen molar-refractivity contribution in [2.45, 2.75) is 47.0 Å². The number of carbonyl (C=O) groups is 1. The molecule has 1 amide bonds. The monoisotopic (exact) mass is 460 g/mol. The Kier molecular flexibility index (Phi) is 6.80. The fraction of sp³-hybridized carbons (Fsp3) is 0.296. The van der Waals surface area contributed by atoms with E-state index in [1.54, 1.807) is 0 Å². The van der Waals surface area contributed by atoms with Crippen LogP contribution in [0.2, 0.25) is 5.02 Å². The summed E-state index contributed by atoms with van der Waals surface area (Å²) in [5, 5.41) is 9.58. The average molecular weight is 461 g/mol. The number of amides is 1. The number of aromatic nitrogens is 3. The predicted molar refractivity (Wildman–Crippen MR) is 134 cm³/mol. The van der Waals surface area contributed by atoms with Crippen molar-refractivity contribution in [2.24, 2.45) is 0 Å². The van der Waals surface area contributed by atoms with Gasteiger partial charge in [0.1, 0.15) is 0 Å². The number of fused-ring (bicyclic) bond motifs is 1. The van der Waals surface area contributed by atoms with Gasteiger partial charge in [-0.15, -0.1) is 0 Å². The second-order valence-corrected chi connectivity index (χ2v) is 8.99. The lowest BCUT2D eigenvalue weighted by Gasteiger charge is -2.12. The first-order chi connectivity index (χ1) is 15.8. The van der Waals surface area contributed by atoms with E-state index in [4.69, 9.17) is 21.7 Å². The third-order valence-electron chi connectivity index (χ3n) is 6.10. The summed E-state index contributed by atoms with van der Waals surface area (Å²) in [6, 6.07) is 16.0. The van der Waals surface area contributed by atoms with E-state index in [9.17, 15) is 4.79 Å². The molecule has 4 aromatic rings. The first-order valence-corrected chi connectivity index (χ1v) is 11.6. The molecule has 0 radical (unpaired) electrons. The Labute approximate surface area is 199 Å². The molecule has 170 valence electrons. The fourth-order valence-electron chi connectivity index (χ4n) is 4.26. The maximum absolute atomic E-state index is 12.5. The standard InChI is InChI=1S/C27H29ClN4O/c1-17-5-11-23(12-6-17)32-27-26(20(4)31-32)18(2)24(19(3)30-27)13-14-25(33)29-16-15-21-7-9-22(28)10-8-21/h5-12H,13-16H2,1-4H3,(H,29,33). The van der Waals surface area contributed by atoms with Gasteiger partial charge in [0, 0.05) is 29.1 Å². The summed E-state index contributed by atoms with van der Waals surface area (Å²) < 4.78 is 1.91. The average Bonchev–Trinajstić information content (AvgIpc) is 3.11. The molecule has 2 aromatic heterocycles. The van der Waals surface area contributed by atoms with E-state index in [1.165, 1.54) is 5.56 Å². The summed E-state index contributed by atoms with van der Waals surface area (Å²) in [6.07, 6.45) is 1.87. The zero-order valence-electron chi connectivity index (χ0n) is 19.6. The molecule has 0 aliphatic heterocycles. The van der Waals surface area contributed by atoms with E-state index in [0.29, 0.717) is 19.4 Å². The molecule has 1 N–H and O–H groups in total. The molecule has 0 saturated carbocycles. The zero-order valence-corrected chi connectivity index (χ0v) is 20.3. The van der Waals surface area contributed by atoms with Gasteiger partial charge in [-0.05, 0) is 81.5 Å². The molecule has 4 rings (SSSR count). The minimum absolute atomic E-state index is 0.0509. The molecule has 0 spiro atoms. The number of aryl methyl sites for hydroxylation is 4. The van der Waals surface area contributed by atoms with Crippen LogP contribution >= 0.6 is 11.6 Å². The number of hydrogen-bond donors (Lipinski definition) is 1. The van der Waals surface area contributed by atoms with Crippen molar-refractivity contribution in [2.75, 3.05) is 6.54 Å². The Morgan fingerprint density at radius 2 is 1.64 bits per heavy atom. The van der Waals surface area contributed by atoms with Crippen molar-refractivity contribution >= 4 is 28.5 Å². The number of carbonyl (C=O) groups excluding carboxylic acids is 1. The summed E-state index contributed by atoms with van der Waals surface area (Å²) in [6.45, 7) is 8.83. The van der Waals surface area contributed by atoms with Crippen molar-refractivity contribution in [3.63, 3.8) is 0 Å². The third-order valence-corrected chi connectivity index (χ3v) is 6.36. The number of halogens is 1. The molecule has 2 heterocycles. The van der Waals surface area contributed by atoms with Gasteiger partial charge >= 0.3 is 0 Å². The topological polar surface area (TPSA) is 59.8 Å². The zero-order chi connectivity index (χ0) is 23.5. The van der Waals surface area contributed by atoms with E-state index in [0.717, 1.165) is 56.2 Å². The maximum Gasteiger partial charge on any atom is 0.220 e. The van der Waals surface area contributed by atoms with E-state index in [-0.39, 0.29) is 5.91 Å². The molecular formula is C27H29ClN4O. The predicted octanol–water partition coefficient (Wildman–Crippen LogP) is 5.60. The van der Waals surface area contributed by atoms with Crippen molar-refractivity contribution in [1.82, 2.24) is 20.1 Å². The van der Waals surface area contributed by atoms with Crippen LogP contribution in [0.1, 0.15) is 40.1 Å². The molecule has 2 aromatic carbocycles. The Hall–Kier alpha value is -3.18. The number of nitrogens with one attached hydrogen (secondary N) is 1. The van der Waals surface area contributed by atoms with Crippen molar-refractivity contribution in [1.29, 1.82) is 0 Å². The largest absolute Gasteiger partial charge is 0.356 e. The molecule has 0 atom stereocenters. The second-order valence-electron chi connectivity index (χ2n) is 8.56. The van der Waals surface area contributed by atoms with Crippen LogP contribution in [0.5, 0.6) is 0 Å². The van der Waals surface area contributed by atoms with E-state index in [2.05, 4.69) is 43.4 Å². The number of hydrogen-bond acceptors (Lipinski definition) is 3. The molecule has 0 saturated heterocycles. The van der Waals surface area contributed by atoms with Gasteiger partial charge in [-0.1, -0.05) is 41.4 Å². The highest BCUT2D eigenvalue weighted by molar-refractivity contribution is 6.30. The SMILES string of the molecule is Cc1ccc(-n2nc(C)c3c(C)c(CCC(=O)NCCc4ccc(Cl)cc4)c(C)nc32)cc1. The normalized spacial score (nSPS) is 11.2. The molecule has 0 aliphatic carbocycles. The lowest BCUT2D eigenvalue weighted by Crippen LogP contribution is -2.26. The van der Waals surface area contributed by atoms with Crippen LogP contribution in [0.4, 0.5) is 0 Å². The van der Waals surface area contributed by atoms with Crippen molar-refractivity contribution in [3.8, 4) is 5.69 Å². The van der Waals surface area contributed by atoms with E-state index < -0.39 is 0 Å². The van der Waals surface area contributed by atoms with Crippen LogP contribution in [0.3, 0.4) is 0 Å². The summed E-state index contributed by atoms with van der Waals surface area (Å²) in [7, 11) is 0.